The molecule has 0 aliphatic carbocycles. The molecule has 0 bridgehead atoms. The minimum Gasteiger partial charge on any atom is -0.396 e. The van der Waals surface area contributed by atoms with E-state index in [-0.39, 0.29) is 0 Å². The van der Waals surface area contributed by atoms with Crippen LogP contribution in [0.4, 0.5) is 10.7 Å². The largest absolute Gasteiger partial charge is 0.396 e. The normalized spacial score (nSPS) is 19.4. The molecule has 1 aromatic heterocycles. The quantitative estimate of drug-likeness (QED) is 0.802. The van der Waals surface area contributed by atoms with Crippen molar-refractivity contribution in [2.75, 3.05) is 23.7 Å². The summed E-state index contributed by atoms with van der Waals surface area (Å²) in [5.74, 6) is 0.639. The van der Waals surface area contributed by atoms with E-state index in [0.29, 0.717) is 22.0 Å². The maximum absolute atomic E-state index is 9.07. The van der Waals surface area contributed by atoms with E-state index in [1.807, 2.05) is 6.07 Å². The number of rotatable bonds is 1. The molecule has 1 atom stereocenters. The van der Waals surface area contributed by atoms with Gasteiger partial charge in [-0.05, 0) is 12.3 Å². The molecule has 1 aromatic rings. The maximum atomic E-state index is 9.07. The van der Waals surface area contributed by atoms with Crippen molar-refractivity contribution in [3.05, 3.63) is 10.4 Å². The zero-order valence-electron chi connectivity index (χ0n) is 9.03. The third-order valence-electron chi connectivity index (χ3n) is 2.85. The monoisotopic (exact) mass is 232 g/mol. The first kappa shape index (κ1) is 10.8. The van der Waals surface area contributed by atoms with Crippen molar-refractivity contribution in [3.63, 3.8) is 0 Å². The molecule has 2 N–H and O–H groups in total. The number of anilines is 2. The summed E-state index contributed by atoms with van der Waals surface area (Å²) in [7, 11) is 0. The molecule has 2 heterocycles. The molecule has 4 nitrogen and oxygen atoms in total. The van der Waals surface area contributed by atoms with Crippen LogP contribution in [-0.4, -0.2) is 13.1 Å². The number of nitrogens with zero attached hydrogens (tertiary/aromatic N) is 3. The predicted molar refractivity (Wildman–Crippen MR) is 64.2 cm³/mol. The first-order valence-corrected chi connectivity index (χ1v) is 5.96. The molecule has 0 amide bonds. The topological polar surface area (TPSA) is 76.8 Å². The Bertz CT molecular complexity index is 491. The molecule has 1 aliphatic heterocycles. The first-order chi connectivity index (χ1) is 7.67. The lowest BCUT2D eigenvalue weighted by Gasteiger charge is -2.15. The van der Waals surface area contributed by atoms with Crippen LogP contribution in [0.2, 0.25) is 0 Å². The first-order valence-electron chi connectivity index (χ1n) is 5.14. The molecule has 1 fully saturated rings. The summed E-state index contributed by atoms with van der Waals surface area (Å²) >= 11 is 1.33. The Morgan fingerprint density at radius 2 is 2.19 bits per heavy atom. The summed E-state index contributed by atoms with van der Waals surface area (Å²) in [6, 6.07) is 4.14. The van der Waals surface area contributed by atoms with Gasteiger partial charge in [-0.15, -0.1) is 11.3 Å². The second kappa shape index (κ2) is 4.03. The molecular weight excluding hydrogens is 220 g/mol. The van der Waals surface area contributed by atoms with Gasteiger partial charge in [-0.1, -0.05) is 6.92 Å². The standard InChI is InChI=1S/C11H12N4S/c1-7-2-3-15(6-7)11-8(4-12)10(14)9(5-13)16-11/h7H,2-3,6,14H2,1H3. The SMILES string of the molecule is CC1CCN(c2sc(C#N)c(N)c2C#N)C1. The van der Waals surface area contributed by atoms with E-state index >= 15 is 0 Å². The van der Waals surface area contributed by atoms with Gasteiger partial charge in [-0.25, -0.2) is 0 Å². The van der Waals surface area contributed by atoms with Gasteiger partial charge in [0, 0.05) is 13.1 Å². The number of thiophene rings is 1. The van der Waals surface area contributed by atoms with Gasteiger partial charge in [0.2, 0.25) is 0 Å². The maximum Gasteiger partial charge on any atom is 0.131 e. The molecule has 1 aliphatic rings. The average Bonchev–Trinajstić information content (AvgIpc) is 2.82. The van der Waals surface area contributed by atoms with Gasteiger partial charge in [-0.3, -0.25) is 0 Å². The Morgan fingerprint density at radius 3 is 2.69 bits per heavy atom. The van der Waals surface area contributed by atoms with Crippen molar-refractivity contribution in [2.24, 2.45) is 5.92 Å². The zero-order chi connectivity index (χ0) is 11.7. The summed E-state index contributed by atoms with van der Waals surface area (Å²) in [6.07, 6.45) is 1.13. The fourth-order valence-corrected chi connectivity index (χ4v) is 2.97. The van der Waals surface area contributed by atoms with Crippen molar-refractivity contribution in [1.82, 2.24) is 0 Å². The second-order valence-corrected chi connectivity index (χ2v) is 5.09. The van der Waals surface area contributed by atoms with Crippen molar-refractivity contribution >= 4 is 22.0 Å². The van der Waals surface area contributed by atoms with Crippen LogP contribution in [0, 0.1) is 28.6 Å². The molecule has 0 spiro atoms. The molecule has 0 radical (unpaired) electrons. The van der Waals surface area contributed by atoms with Gasteiger partial charge in [-0.2, -0.15) is 10.5 Å². The lowest BCUT2D eigenvalue weighted by atomic mass is 10.2. The van der Waals surface area contributed by atoms with E-state index in [1.165, 1.54) is 11.3 Å². The van der Waals surface area contributed by atoms with E-state index in [2.05, 4.69) is 17.9 Å². The van der Waals surface area contributed by atoms with E-state index in [4.69, 9.17) is 16.3 Å². The van der Waals surface area contributed by atoms with Gasteiger partial charge in [0.25, 0.3) is 0 Å². The van der Waals surface area contributed by atoms with Gasteiger partial charge in [0.1, 0.15) is 27.6 Å². The van der Waals surface area contributed by atoms with E-state index in [9.17, 15) is 0 Å². The van der Waals surface area contributed by atoms with Crippen LogP contribution >= 0.6 is 11.3 Å². The molecular formula is C11H12N4S. The Hall–Kier alpha value is -1.72. The van der Waals surface area contributed by atoms with Crippen molar-refractivity contribution < 1.29 is 0 Å². The highest BCUT2D eigenvalue weighted by molar-refractivity contribution is 7.17. The minimum atomic E-state index is 0.338. The zero-order valence-corrected chi connectivity index (χ0v) is 9.84. The summed E-state index contributed by atoms with van der Waals surface area (Å²) in [5, 5.41) is 18.8. The molecule has 82 valence electrons. The fraction of sp³-hybridized carbons (Fsp3) is 0.455. The van der Waals surface area contributed by atoms with Crippen molar-refractivity contribution in [2.45, 2.75) is 13.3 Å². The number of nitrogens with two attached hydrogens (primary N) is 1. The summed E-state index contributed by atoms with van der Waals surface area (Å²) < 4.78 is 0. The van der Waals surface area contributed by atoms with E-state index in [0.717, 1.165) is 24.5 Å². The van der Waals surface area contributed by atoms with E-state index < -0.39 is 0 Å². The highest BCUT2D eigenvalue weighted by atomic mass is 32.1. The molecule has 16 heavy (non-hydrogen) atoms. The number of hydrogen-bond donors (Lipinski definition) is 1. The smallest absolute Gasteiger partial charge is 0.131 e. The van der Waals surface area contributed by atoms with Gasteiger partial charge >= 0.3 is 0 Å². The second-order valence-electron chi connectivity index (χ2n) is 4.09. The number of nitriles is 2. The van der Waals surface area contributed by atoms with Crippen LogP contribution in [0.3, 0.4) is 0 Å². The third-order valence-corrected chi connectivity index (χ3v) is 4.02. The molecule has 2 rings (SSSR count). The Morgan fingerprint density at radius 1 is 1.44 bits per heavy atom. The molecule has 0 aromatic carbocycles. The number of hydrogen-bond acceptors (Lipinski definition) is 5. The lowest BCUT2D eigenvalue weighted by Crippen LogP contribution is -2.18. The average molecular weight is 232 g/mol. The number of nitrogen functional groups attached to an aromatic ring is 1. The van der Waals surface area contributed by atoms with Crippen LogP contribution in [0.5, 0.6) is 0 Å². The third kappa shape index (κ3) is 1.60. The van der Waals surface area contributed by atoms with Gasteiger partial charge in [0.15, 0.2) is 0 Å². The van der Waals surface area contributed by atoms with Crippen molar-refractivity contribution in [1.29, 1.82) is 10.5 Å². The van der Waals surface area contributed by atoms with Crippen LogP contribution in [-0.2, 0) is 0 Å². The van der Waals surface area contributed by atoms with Gasteiger partial charge in [0.05, 0.1) is 5.69 Å². The van der Waals surface area contributed by atoms with Crippen molar-refractivity contribution in [3.8, 4) is 12.1 Å². The molecule has 1 saturated heterocycles. The van der Waals surface area contributed by atoms with E-state index in [1.54, 1.807) is 0 Å². The molecule has 1 unspecified atom stereocenters. The highest BCUT2D eigenvalue weighted by Gasteiger charge is 2.25. The van der Waals surface area contributed by atoms with Crippen LogP contribution in [0.25, 0.3) is 0 Å². The Labute approximate surface area is 98.5 Å². The molecule has 5 heteroatoms. The Balaban J connectivity index is 2.42. The molecule has 0 saturated carbocycles. The highest BCUT2D eigenvalue weighted by Crippen LogP contribution is 2.39. The lowest BCUT2D eigenvalue weighted by molar-refractivity contribution is 0.660. The summed E-state index contributed by atoms with van der Waals surface area (Å²) in [6.45, 7) is 4.08. The summed E-state index contributed by atoms with van der Waals surface area (Å²) in [5.41, 5.74) is 6.57. The van der Waals surface area contributed by atoms with Crippen LogP contribution in [0.1, 0.15) is 23.8 Å². The van der Waals surface area contributed by atoms with Gasteiger partial charge < -0.3 is 10.6 Å². The fourth-order valence-electron chi connectivity index (χ4n) is 1.96. The van der Waals surface area contributed by atoms with Crippen LogP contribution < -0.4 is 10.6 Å². The minimum absolute atomic E-state index is 0.338. The summed E-state index contributed by atoms with van der Waals surface area (Å²) in [4.78, 5) is 2.61. The van der Waals surface area contributed by atoms with Crippen LogP contribution in [0.15, 0.2) is 0 Å². The Kier molecular flexibility index (Phi) is 2.72. The predicted octanol–water partition coefficient (Wildman–Crippen LogP) is 1.92.